The van der Waals surface area contributed by atoms with Gasteiger partial charge in [-0.15, -0.1) is 0 Å². The highest BCUT2D eigenvalue weighted by Gasteiger charge is 2.34. The van der Waals surface area contributed by atoms with Gasteiger partial charge in [0.05, 0.1) is 11.4 Å². The van der Waals surface area contributed by atoms with Gasteiger partial charge >= 0.3 is 0 Å². The molecule has 1 N–H and O–H groups in total. The van der Waals surface area contributed by atoms with E-state index < -0.39 is 28.5 Å². The van der Waals surface area contributed by atoms with Crippen LogP contribution in [0, 0.1) is 0 Å². The summed E-state index contributed by atoms with van der Waals surface area (Å²) in [5.74, 6) is -0.160. The first-order chi connectivity index (χ1) is 20.2. The van der Waals surface area contributed by atoms with Gasteiger partial charge in [-0.05, 0) is 48.7 Å². The van der Waals surface area contributed by atoms with E-state index in [1.807, 2.05) is 37.3 Å². The molecule has 1 aliphatic rings. The second kappa shape index (κ2) is 14.4. The van der Waals surface area contributed by atoms with E-state index in [4.69, 9.17) is 21.1 Å². The minimum Gasteiger partial charge on any atom is -0.454 e. The summed E-state index contributed by atoms with van der Waals surface area (Å²) in [7, 11) is -3.89. The van der Waals surface area contributed by atoms with Crippen molar-refractivity contribution in [1.82, 2.24) is 10.2 Å². The van der Waals surface area contributed by atoms with E-state index in [-0.39, 0.29) is 37.1 Å². The first-order valence-electron chi connectivity index (χ1n) is 14.0. The van der Waals surface area contributed by atoms with E-state index in [0.717, 1.165) is 28.3 Å². The normalized spacial score (nSPS) is 12.9. The number of fused-ring (bicyclic) bond motifs is 1. The minimum absolute atomic E-state index is 0.0292. The summed E-state index contributed by atoms with van der Waals surface area (Å²) in [6, 6.07) is 20.3. The van der Waals surface area contributed by atoms with Crippen molar-refractivity contribution in [1.29, 1.82) is 0 Å². The maximum Gasteiger partial charge on any atom is 0.244 e. The first kappa shape index (κ1) is 31.2. The zero-order chi connectivity index (χ0) is 30.1. The van der Waals surface area contributed by atoms with Crippen LogP contribution >= 0.6 is 11.6 Å². The minimum atomic E-state index is -3.89. The van der Waals surface area contributed by atoms with E-state index in [2.05, 4.69) is 5.32 Å². The van der Waals surface area contributed by atoms with Crippen molar-refractivity contribution >= 4 is 39.1 Å². The molecule has 9 nitrogen and oxygen atoms in total. The Morgan fingerprint density at radius 3 is 2.36 bits per heavy atom. The monoisotopic (exact) mass is 613 g/mol. The lowest BCUT2D eigenvalue weighted by atomic mass is 10.0. The Bertz CT molecular complexity index is 1470. The van der Waals surface area contributed by atoms with Crippen molar-refractivity contribution < 1.29 is 27.5 Å². The zero-order valence-electron chi connectivity index (χ0n) is 23.8. The lowest BCUT2D eigenvalue weighted by Crippen LogP contribution is -2.53. The van der Waals surface area contributed by atoms with Crippen LogP contribution in [0.5, 0.6) is 11.5 Å². The third kappa shape index (κ3) is 7.95. The Balaban J connectivity index is 1.72. The number of benzene rings is 3. The zero-order valence-corrected chi connectivity index (χ0v) is 25.4. The fraction of sp³-hybridized carbons (Fsp3) is 0.355. The molecule has 4 rings (SSSR count). The van der Waals surface area contributed by atoms with Crippen LogP contribution < -0.4 is 19.1 Å². The summed E-state index contributed by atoms with van der Waals surface area (Å²) in [5.41, 5.74) is 1.89. The number of amides is 2. The van der Waals surface area contributed by atoms with Crippen molar-refractivity contribution in [3.05, 3.63) is 88.9 Å². The molecule has 0 unspecified atom stereocenters. The van der Waals surface area contributed by atoms with Gasteiger partial charge in [0.2, 0.25) is 28.6 Å². The van der Waals surface area contributed by atoms with Crippen LogP contribution in [0.15, 0.2) is 72.8 Å². The average molecular weight is 614 g/mol. The Morgan fingerprint density at radius 2 is 1.67 bits per heavy atom. The third-order valence-corrected chi connectivity index (χ3v) is 8.98. The summed E-state index contributed by atoms with van der Waals surface area (Å²) in [4.78, 5) is 29.3. The molecule has 0 radical (unpaired) electrons. The molecule has 224 valence electrons. The summed E-state index contributed by atoms with van der Waals surface area (Å²) in [6.45, 7) is 3.62. The standard InChI is InChI=1S/C31H36ClN3O6S/c1-3-5-17-33-31(37)27(18-23-9-7-6-8-10-23)34(20-24-11-13-25(32)14-12-24)30(36)21-35(42(38,39)4-2)26-15-16-28-29(19-26)41-22-40-28/h6-16,19,27H,3-5,17-18,20-22H2,1-2H3,(H,33,37)/t27-/m0/s1. The quantitative estimate of drug-likeness (QED) is 0.262. The molecule has 3 aromatic rings. The lowest BCUT2D eigenvalue weighted by molar-refractivity contribution is -0.140. The third-order valence-electron chi connectivity index (χ3n) is 6.99. The van der Waals surface area contributed by atoms with Crippen molar-refractivity contribution in [2.75, 3.05) is 29.9 Å². The SMILES string of the molecule is CCCCNC(=O)[C@H](Cc1ccccc1)N(Cc1ccc(Cl)cc1)C(=O)CN(c1ccc2c(c1)OCO2)S(=O)(=O)CC. The highest BCUT2D eigenvalue weighted by molar-refractivity contribution is 7.92. The Hall–Kier alpha value is -3.76. The van der Waals surface area contributed by atoms with E-state index in [0.29, 0.717) is 23.1 Å². The number of anilines is 1. The van der Waals surface area contributed by atoms with Crippen LogP contribution in [0.2, 0.25) is 5.02 Å². The number of hydrogen-bond acceptors (Lipinski definition) is 6. The molecule has 11 heteroatoms. The van der Waals surface area contributed by atoms with Gasteiger partial charge in [0, 0.05) is 30.6 Å². The van der Waals surface area contributed by atoms with Crippen molar-refractivity contribution in [3.63, 3.8) is 0 Å². The van der Waals surface area contributed by atoms with Gasteiger partial charge in [-0.2, -0.15) is 0 Å². The number of nitrogens with one attached hydrogen (secondary N) is 1. The number of carbonyl (C=O) groups excluding carboxylic acids is 2. The second-order valence-electron chi connectivity index (χ2n) is 9.94. The van der Waals surface area contributed by atoms with Crippen LogP contribution in [-0.2, 0) is 32.6 Å². The van der Waals surface area contributed by atoms with Crippen molar-refractivity contribution in [2.24, 2.45) is 0 Å². The van der Waals surface area contributed by atoms with Gasteiger partial charge in [-0.3, -0.25) is 13.9 Å². The topological polar surface area (TPSA) is 105 Å². The van der Waals surface area contributed by atoms with Crippen LogP contribution in [0.4, 0.5) is 5.69 Å². The Morgan fingerprint density at radius 1 is 0.952 bits per heavy atom. The van der Waals surface area contributed by atoms with E-state index in [9.17, 15) is 18.0 Å². The fourth-order valence-electron chi connectivity index (χ4n) is 4.61. The molecule has 0 bridgehead atoms. The number of hydrogen-bond donors (Lipinski definition) is 1. The number of carbonyl (C=O) groups is 2. The maximum atomic E-state index is 14.2. The van der Waals surface area contributed by atoms with Gasteiger partial charge < -0.3 is 19.7 Å². The van der Waals surface area contributed by atoms with Crippen LogP contribution in [0.1, 0.15) is 37.8 Å². The van der Waals surface area contributed by atoms with Crippen molar-refractivity contribution in [3.8, 4) is 11.5 Å². The molecule has 0 saturated heterocycles. The average Bonchev–Trinajstić information content (AvgIpc) is 3.47. The van der Waals surface area contributed by atoms with E-state index >= 15 is 0 Å². The predicted molar refractivity (Wildman–Crippen MR) is 163 cm³/mol. The number of ether oxygens (including phenoxy) is 2. The van der Waals surface area contributed by atoms with Gasteiger partial charge in [-0.25, -0.2) is 8.42 Å². The summed E-state index contributed by atoms with van der Waals surface area (Å²) < 4.78 is 38.5. The summed E-state index contributed by atoms with van der Waals surface area (Å²) in [5, 5.41) is 3.51. The number of sulfonamides is 1. The molecule has 0 aromatic heterocycles. The highest BCUT2D eigenvalue weighted by atomic mass is 35.5. The molecule has 3 aromatic carbocycles. The smallest absolute Gasteiger partial charge is 0.244 e. The Labute approximate surface area is 252 Å². The van der Waals surface area contributed by atoms with Crippen LogP contribution in [-0.4, -0.2) is 56.8 Å². The molecular formula is C31H36ClN3O6S. The Kier molecular flexibility index (Phi) is 10.7. The summed E-state index contributed by atoms with van der Waals surface area (Å²) >= 11 is 6.11. The maximum absolute atomic E-state index is 14.2. The molecule has 42 heavy (non-hydrogen) atoms. The van der Waals surface area contributed by atoms with E-state index in [1.54, 1.807) is 42.5 Å². The van der Waals surface area contributed by atoms with Gasteiger partial charge in [0.1, 0.15) is 12.6 Å². The van der Waals surface area contributed by atoms with Gasteiger partial charge in [0.15, 0.2) is 11.5 Å². The van der Waals surface area contributed by atoms with E-state index in [1.165, 1.54) is 11.8 Å². The first-order valence-corrected chi connectivity index (χ1v) is 16.0. The fourth-order valence-corrected chi connectivity index (χ4v) is 5.79. The van der Waals surface area contributed by atoms with Gasteiger partial charge in [-0.1, -0.05) is 67.4 Å². The number of rotatable bonds is 14. The molecule has 0 saturated carbocycles. The highest BCUT2D eigenvalue weighted by Crippen LogP contribution is 2.36. The predicted octanol–water partition coefficient (Wildman–Crippen LogP) is 4.78. The molecule has 1 aliphatic heterocycles. The molecular weight excluding hydrogens is 578 g/mol. The largest absolute Gasteiger partial charge is 0.454 e. The molecule has 2 amide bonds. The molecule has 0 fully saturated rings. The number of unbranched alkanes of at least 4 members (excludes halogenated alkanes) is 1. The molecule has 0 spiro atoms. The molecule has 0 aliphatic carbocycles. The summed E-state index contributed by atoms with van der Waals surface area (Å²) in [6.07, 6.45) is 1.95. The van der Waals surface area contributed by atoms with Crippen molar-refractivity contribution in [2.45, 2.75) is 45.7 Å². The van der Waals surface area contributed by atoms with Crippen LogP contribution in [0.25, 0.3) is 0 Å². The number of halogens is 1. The molecule has 1 atom stereocenters. The lowest BCUT2D eigenvalue weighted by Gasteiger charge is -2.33. The second-order valence-corrected chi connectivity index (χ2v) is 12.6. The number of nitrogens with zero attached hydrogens (tertiary/aromatic N) is 2. The van der Waals surface area contributed by atoms with Crippen LogP contribution in [0.3, 0.4) is 0 Å². The molecule has 1 heterocycles. The van der Waals surface area contributed by atoms with Gasteiger partial charge in [0.25, 0.3) is 0 Å².